The number of ketones is 3. The van der Waals surface area contributed by atoms with Gasteiger partial charge in [0.25, 0.3) is 5.97 Å². The van der Waals surface area contributed by atoms with E-state index in [-0.39, 0.29) is 17.3 Å². The Bertz CT molecular complexity index is 310. The molecule has 0 rings (SSSR count). The normalized spacial score (nSPS) is 12.5. The monoisotopic (exact) mass is 324 g/mol. The molecule has 8 heteroatoms. The first-order valence-electron chi connectivity index (χ1n) is 6.42. The van der Waals surface area contributed by atoms with Crippen molar-refractivity contribution < 1.29 is 39.6 Å². The van der Waals surface area contributed by atoms with Crippen LogP contribution < -0.4 is 0 Å². The number of carboxylic acids is 1. The van der Waals surface area contributed by atoms with E-state index in [1.165, 1.54) is 27.7 Å². The SMILES string of the molecule is CC(=O)C(C)=O.CC(=O)C(C)O.CC(=O)O.CC(O)C(C)O. The zero-order chi connectivity index (χ0) is 19.0. The summed E-state index contributed by atoms with van der Waals surface area (Å²) >= 11 is 0. The van der Waals surface area contributed by atoms with Gasteiger partial charge in [0.1, 0.15) is 6.10 Å². The second-order valence-corrected chi connectivity index (χ2v) is 4.40. The summed E-state index contributed by atoms with van der Waals surface area (Å²) in [6.07, 6.45) is -1.97. The van der Waals surface area contributed by atoms with Crippen LogP contribution in [0.3, 0.4) is 0 Å². The second kappa shape index (κ2) is 17.4. The van der Waals surface area contributed by atoms with Crippen LogP contribution in [0, 0.1) is 0 Å². The molecule has 0 heterocycles. The molecule has 132 valence electrons. The van der Waals surface area contributed by atoms with E-state index in [9.17, 15) is 14.4 Å². The van der Waals surface area contributed by atoms with Crippen LogP contribution in [0.1, 0.15) is 48.5 Å². The highest BCUT2D eigenvalue weighted by Crippen LogP contribution is 1.85. The van der Waals surface area contributed by atoms with Crippen LogP contribution in [0.4, 0.5) is 0 Å². The van der Waals surface area contributed by atoms with Crippen molar-refractivity contribution in [2.24, 2.45) is 0 Å². The Labute approximate surface area is 130 Å². The Morgan fingerprint density at radius 3 is 0.818 bits per heavy atom. The first-order valence-corrected chi connectivity index (χ1v) is 6.42. The van der Waals surface area contributed by atoms with Crippen LogP contribution in [0.5, 0.6) is 0 Å². The highest BCUT2D eigenvalue weighted by Gasteiger charge is 1.99. The lowest BCUT2D eigenvalue weighted by molar-refractivity contribution is -0.134. The van der Waals surface area contributed by atoms with Crippen molar-refractivity contribution >= 4 is 23.3 Å². The number of carbonyl (C=O) groups excluding carboxylic acids is 3. The van der Waals surface area contributed by atoms with E-state index < -0.39 is 24.3 Å². The van der Waals surface area contributed by atoms with E-state index in [4.69, 9.17) is 25.2 Å². The van der Waals surface area contributed by atoms with Crippen molar-refractivity contribution in [2.75, 3.05) is 0 Å². The average molecular weight is 324 g/mol. The van der Waals surface area contributed by atoms with Gasteiger partial charge in [0.15, 0.2) is 17.3 Å². The predicted molar refractivity (Wildman–Crippen MR) is 80.4 cm³/mol. The van der Waals surface area contributed by atoms with E-state index in [1.54, 1.807) is 13.8 Å². The minimum Gasteiger partial charge on any atom is -0.481 e. The Morgan fingerprint density at radius 2 is 0.818 bits per heavy atom. The third kappa shape index (κ3) is 51.6. The number of Topliss-reactive ketones (excluding diaryl/α,β-unsaturated/α-hetero) is 3. The third-order valence-corrected chi connectivity index (χ3v) is 1.78. The van der Waals surface area contributed by atoms with E-state index in [0.29, 0.717) is 0 Å². The minimum atomic E-state index is -0.833. The minimum absolute atomic E-state index is 0.185. The molecule has 0 bridgehead atoms. The van der Waals surface area contributed by atoms with Crippen LogP contribution in [0.2, 0.25) is 0 Å². The van der Waals surface area contributed by atoms with Crippen molar-refractivity contribution in [3.05, 3.63) is 0 Å². The van der Waals surface area contributed by atoms with Gasteiger partial charge in [-0.2, -0.15) is 0 Å². The maximum atomic E-state index is 9.89. The number of carbonyl (C=O) groups is 4. The van der Waals surface area contributed by atoms with E-state index in [2.05, 4.69) is 0 Å². The molecule has 0 fully saturated rings. The highest BCUT2D eigenvalue weighted by atomic mass is 16.4. The van der Waals surface area contributed by atoms with Gasteiger partial charge in [-0.05, 0) is 27.7 Å². The van der Waals surface area contributed by atoms with E-state index in [0.717, 1.165) is 6.92 Å². The molecule has 8 nitrogen and oxygen atoms in total. The molecular formula is C14H28O8. The van der Waals surface area contributed by atoms with Crippen LogP contribution in [0.25, 0.3) is 0 Å². The first kappa shape index (κ1) is 28.5. The molecule has 0 aromatic carbocycles. The lowest BCUT2D eigenvalue weighted by Gasteiger charge is -2.03. The summed E-state index contributed by atoms with van der Waals surface area (Å²) in [5, 5.41) is 32.5. The molecule has 4 N–H and O–H groups in total. The first-order chi connectivity index (χ1) is 9.66. The maximum absolute atomic E-state index is 9.89. The van der Waals surface area contributed by atoms with Crippen molar-refractivity contribution in [3.8, 4) is 0 Å². The van der Waals surface area contributed by atoms with Crippen LogP contribution in [-0.2, 0) is 19.2 Å². The Balaban J connectivity index is -0.0000000994. The second-order valence-electron chi connectivity index (χ2n) is 4.40. The van der Waals surface area contributed by atoms with Gasteiger partial charge < -0.3 is 20.4 Å². The summed E-state index contributed by atoms with van der Waals surface area (Å²) in [7, 11) is 0. The number of rotatable bonds is 3. The van der Waals surface area contributed by atoms with Crippen molar-refractivity contribution in [1.82, 2.24) is 0 Å². The molecular weight excluding hydrogens is 296 g/mol. The zero-order valence-electron chi connectivity index (χ0n) is 14.2. The summed E-state index contributed by atoms with van der Waals surface area (Å²) in [5.41, 5.74) is 0. The molecule has 0 saturated heterocycles. The number of hydrogen-bond acceptors (Lipinski definition) is 7. The smallest absolute Gasteiger partial charge is 0.300 e. The van der Waals surface area contributed by atoms with Crippen molar-refractivity contribution in [3.63, 3.8) is 0 Å². The molecule has 0 aliphatic rings. The van der Waals surface area contributed by atoms with Crippen LogP contribution in [0.15, 0.2) is 0 Å². The fraction of sp³-hybridized carbons (Fsp3) is 0.714. The summed E-state index contributed by atoms with van der Waals surface area (Å²) in [6, 6.07) is 0. The molecule has 22 heavy (non-hydrogen) atoms. The summed E-state index contributed by atoms with van der Waals surface area (Å²) in [4.78, 5) is 38.5. The largest absolute Gasteiger partial charge is 0.481 e. The lowest BCUT2D eigenvalue weighted by atomic mass is 10.3. The number of aliphatic hydroxyl groups is 3. The molecule has 3 atom stereocenters. The van der Waals surface area contributed by atoms with Gasteiger partial charge in [-0.15, -0.1) is 0 Å². The maximum Gasteiger partial charge on any atom is 0.300 e. The quantitative estimate of drug-likeness (QED) is 0.528. The molecule has 0 amide bonds. The van der Waals surface area contributed by atoms with Gasteiger partial charge >= 0.3 is 0 Å². The lowest BCUT2D eigenvalue weighted by Crippen LogP contribution is -2.17. The van der Waals surface area contributed by atoms with E-state index >= 15 is 0 Å². The van der Waals surface area contributed by atoms with Gasteiger partial charge in [-0.25, -0.2) is 0 Å². The van der Waals surface area contributed by atoms with Gasteiger partial charge in [0.05, 0.1) is 12.2 Å². The molecule has 0 aliphatic heterocycles. The molecule has 0 saturated carbocycles. The summed E-state index contributed by atoms with van der Waals surface area (Å²) < 4.78 is 0. The molecule has 0 aromatic rings. The summed E-state index contributed by atoms with van der Waals surface area (Å²) in [6.45, 7) is 9.48. The number of aliphatic carboxylic acids is 1. The Morgan fingerprint density at radius 1 is 0.682 bits per heavy atom. The van der Waals surface area contributed by atoms with Gasteiger partial charge in [-0.1, -0.05) is 0 Å². The molecule has 0 spiro atoms. The predicted octanol–water partition coefficient (Wildman–Crippen LogP) is -0.0405. The fourth-order valence-electron chi connectivity index (χ4n) is 0. The standard InChI is InChI=1S/C4H10O2.C4H8O2.C4H6O2.C2H4O2/c3*1-3(5)4(2)6;1-2(3)4/h3-6H,1-2H3;3,5H,1-2H3;1-2H3;1H3,(H,3,4). The highest BCUT2D eigenvalue weighted by molar-refractivity contribution is 6.35. The van der Waals surface area contributed by atoms with Gasteiger partial charge in [0, 0.05) is 20.8 Å². The van der Waals surface area contributed by atoms with Gasteiger partial charge in [0.2, 0.25) is 0 Å². The summed E-state index contributed by atoms with van der Waals surface area (Å²) in [5.74, 6) is -1.78. The molecule has 0 aromatic heterocycles. The average Bonchev–Trinajstić information content (AvgIpc) is 2.29. The fourth-order valence-corrected chi connectivity index (χ4v) is 0. The van der Waals surface area contributed by atoms with Crippen LogP contribution >= 0.6 is 0 Å². The molecule has 0 aliphatic carbocycles. The number of aliphatic hydroxyl groups excluding tert-OH is 3. The van der Waals surface area contributed by atoms with Crippen LogP contribution in [-0.4, -0.2) is 62.1 Å². The Hall–Kier alpha value is -1.64. The van der Waals surface area contributed by atoms with Crippen molar-refractivity contribution in [1.29, 1.82) is 0 Å². The zero-order valence-corrected chi connectivity index (χ0v) is 14.2. The number of hydrogen-bond donors (Lipinski definition) is 4. The molecule has 0 radical (unpaired) electrons. The molecule has 3 unspecified atom stereocenters. The third-order valence-electron chi connectivity index (χ3n) is 1.78. The van der Waals surface area contributed by atoms with E-state index in [1.807, 2.05) is 0 Å². The van der Waals surface area contributed by atoms with Gasteiger partial charge in [-0.3, -0.25) is 19.2 Å². The Kier molecular flexibility index (Phi) is 22.6. The number of carboxylic acid groups (broad SMARTS) is 1. The topological polar surface area (TPSA) is 149 Å². The van der Waals surface area contributed by atoms with Crippen molar-refractivity contribution in [2.45, 2.75) is 66.8 Å².